The molecule has 8 rings (SSSR count). The van der Waals surface area contributed by atoms with Gasteiger partial charge in [0, 0.05) is 20.7 Å². The molecule has 1 aliphatic carbocycles. The van der Waals surface area contributed by atoms with Crippen molar-refractivity contribution in [3.63, 3.8) is 0 Å². The highest BCUT2D eigenvalue weighted by atomic mass is 32.2. The van der Waals surface area contributed by atoms with Crippen LogP contribution in [0.1, 0.15) is 57.0 Å². The third kappa shape index (κ3) is 4.98. The molecule has 2 aliphatic heterocycles. The Morgan fingerprint density at radius 3 is 2.31 bits per heavy atom. The minimum absolute atomic E-state index is 0.285. The first-order chi connectivity index (χ1) is 25.3. The first-order valence-electron chi connectivity index (χ1n) is 17.8. The van der Waals surface area contributed by atoms with Crippen LogP contribution in [0.4, 0.5) is 0 Å². The maximum Gasteiger partial charge on any atom is 0.211 e. The van der Waals surface area contributed by atoms with E-state index in [2.05, 4.69) is 166 Å². The zero-order chi connectivity index (χ0) is 36.1. The minimum Gasteiger partial charge on any atom is -0.310 e. The van der Waals surface area contributed by atoms with Gasteiger partial charge in [-0.3, -0.25) is 4.57 Å². The smallest absolute Gasteiger partial charge is 0.211 e. The molecule has 1 aromatic heterocycles. The molecule has 1 spiro atoms. The SMILES string of the molecule is C=Cc1c(C=C)n(C2=NC(C)N=C(/C(C)=C/C3=C(C)C(C)=C(/C=C\C)C34c3ccccc3Sc3c(-c5ccccc5)cccc34)N2)c2ccccc12. The van der Waals surface area contributed by atoms with E-state index >= 15 is 0 Å². The molecule has 0 saturated heterocycles. The van der Waals surface area contributed by atoms with Gasteiger partial charge in [-0.25, -0.2) is 9.98 Å². The number of hydrogen-bond acceptors (Lipinski definition) is 4. The average Bonchev–Trinajstić information content (AvgIpc) is 3.60. The van der Waals surface area contributed by atoms with Crippen LogP contribution in [-0.2, 0) is 5.41 Å². The van der Waals surface area contributed by atoms with Crippen LogP contribution < -0.4 is 5.32 Å². The van der Waals surface area contributed by atoms with Gasteiger partial charge in [0.2, 0.25) is 5.96 Å². The third-order valence-corrected chi connectivity index (χ3v) is 11.9. The molecule has 2 atom stereocenters. The lowest BCUT2D eigenvalue weighted by molar-refractivity contribution is 0.708. The van der Waals surface area contributed by atoms with Crippen molar-refractivity contribution in [2.45, 2.75) is 56.0 Å². The predicted octanol–water partition coefficient (Wildman–Crippen LogP) is 11.8. The molecule has 4 nitrogen and oxygen atoms in total. The van der Waals surface area contributed by atoms with Gasteiger partial charge in [-0.05, 0) is 103 Å². The summed E-state index contributed by atoms with van der Waals surface area (Å²) in [4.78, 5) is 12.7. The molecule has 3 aliphatic rings. The number of aromatic nitrogens is 1. The maximum absolute atomic E-state index is 5.07. The van der Waals surface area contributed by atoms with Crippen LogP contribution in [0, 0.1) is 0 Å². The number of aliphatic imine (C=N–C) groups is 2. The van der Waals surface area contributed by atoms with Crippen molar-refractivity contribution in [2.24, 2.45) is 9.98 Å². The number of nitrogens with one attached hydrogen (secondary N) is 1. The summed E-state index contributed by atoms with van der Waals surface area (Å²) in [5, 5.41) is 4.77. The van der Waals surface area contributed by atoms with Crippen molar-refractivity contribution in [1.82, 2.24) is 9.88 Å². The fraction of sp³-hybridized carbons (Fsp3) is 0.149. The Balaban J connectivity index is 1.32. The minimum atomic E-state index is -0.521. The summed E-state index contributed by atoms with van der Waals surface area (Å²) >= 11 is 1.88. The number of benzene rings is 4. The van der Waals surface area contributed by atoms with E-state index in [9.17, 15) is 0 Å². The van der Waals surface area contributed by atoms with Crippen molar-refractivity contribution in [1.29, 1.82) is 0 Å². The summed E-state index contributed by atoms with van der Waals surface area (Å²) in [6, 6.07) is 34.9. The molecule has 1 N–H and O–H groups in total. The number of amidine groups is 1. The Morgan fingerprint density at radius 1 is 0.827 bits per heavy atom. The molecule has 0 radical (unpaired) electrons. The van der Waals surface area contributed by atoms with Crippen molar-refractivity contribution in [3.8, 4) is 11.1 Å². The van der Waals surface area contributed by atoms with Gasteiger partial charge in [-0.2, -0.15) is 0 Å². The summed E-state index contributed by atoms with van der Waals surface area (Å²) in [6.07, 6.45) is 10.4. The molecule has 5 aromatic rings. The van der Waals surface area contributed by atoms with E-state index in [1.165, 1.54) is 54.3 Å². The van der Waals surface area contributed by atoms with Gasteiger partial charge in [0.15, 0.2) is 0 Å². The van der Waals surface area contributed by atoms with Gasteiger partial charge in [0.1, 0.15) is 12.0 Å². The molecule has 52 heavy (non-hydrogen) atoms. The molecule has 3 heterocycles. The topological polar surface area (TPSA) is 41.7 Å². The van der Waals surface area contributed by atoms with Crippen molar-refractivity contribution >= 4 is 46.6 Å². The number of allylic oxidation sites excluding steroid dienone is 7. The van der Waals surface area contributed by atoms with Crippen molar-refractivity contribution < 1.29 is 0 Å². The van der Waals surface area contributed by atoms with Crippen LogP contribution in [0.2, 0.25) is 0 Å². The van der Waals surface area contributed by atoms with E-state index in [1.807, 2.05) is 30.8 Å². The molecular formula is C47H42N4S. The van der Waals surface area contributed by atoms with E-state index in [-0.39, 0.29) is 6.17 Å². The lowest BCUT2D eigenvalue weighted by atomic mass is 9.65. The van der Waals surface area contributed by atoms with Crippen molar-refractivity contribution in [2.75, 3.05) is 0 Å². The first kappa shape index (κ1) is 33.5. The molecule has 5 heteroatoms. The highest BCUT2D eigenvalue weighted by Crippen LogP contribution is 2.62. The molecule has 2 unspecified atom stereocenters. The normalized spacial score (nSPS) is 19.9. The van der Waals surface area contributed by atoms with E-state index in [1.54, 1.807) is 0 Å². The number of para-hydroxylation sites is 1. The van der Waals surface area contributed by atoms with E-state index in [0.29, 0.717) is 0 Å². The number of rotatable bonds is 6. The number of hydrogen-bond donors (Lipinski definition) is 1. The fourth-order valence-electron chi connectivity index (χ4n) is 8.32. The molecule has 0 saturated carbocycles. The second-order valence-corrected chi connectivity index (χ2v) is 14.6. The van der Waals surface area contributed by atoms with Crippen LogP contribution in [0.3, 0.4) is 0 Å². The Morgan fingerprint density at radius 2 is 1.54 bits per heavy atom. The van der Waals surface area contributed by atoms with Crippen LogP contribution in [0.5, 0.6) is 0 Å². The van der Waals surface area contributed by atoms with Gasteiger partial charge in [-0.15, -0.1) is 0 Å². The van der Waals surface area contributed by atoms with Crippen LogP contribution in [0.25, 0.3) is 34.2 Å². The second-order valence-electron chi connectivity index (χ2n) is 13.5. The Hall–Kier alpha value is -5.65. The number of nitrogens with zero attached hydrogens (tertiary/aromatic N) is 3. The lowest BCUT2D eigenvalue weighted by Gasteiger charge is -2.42. The molecule has 0 amide bonds. The summed E-state index contributed by atoms with van der Waals surface area (Å²) in [7, 11) is 0. The van der Waals surface area contributed by atoms with Crippen molar-refractivity contribution in [3.05, 3.63) is 179 Å². The van der Waals surface area contributed by atoms with Gasteiger partial charge in [-0.1, -0.05) is 134 Å². The quantitative estimate of drug-likeness (QED) is 0.192. The largest absolute Gasteiger partial charge is 0.310 e. The van der Waals surface area contributed by atoms with Gasteiger partial charge >= 0.3 is 0 Å². The van der Waals surface area contributed by atoms with Crippen LogP contribution >= 0.6 is 11.8 Å². The Bertz CT molecular complexity index is 2500. The highest BCUT2D eigenvalue weighted by molar-refractivity contribution is 7.99. The second kappa shape index (κ2) is 13.2. The molecular weight excluding hydrogens is 653 g/mol. The van der Waals surface area contributed by atoms with Gasteiger partial charge < -0.3 is 5.32 Å². The Kier molecular flexibility index (Phi) is 8.47. The number of fused-ring (bicyclic) bond motifs is 5. The predicted molar refractivity (Wildman–Crippen MR) is 222 cm³/mol. The average molecular weight is 695 g/mol. The molecule has 4 aromatic carbocycles. The van der Waals surface area contributed by atoms with E-state index in [0.717, 1.165) is 39.5 Å². The van der Waals surface area contributed by atoms with E-state index < -0.39 is 5.41 Å². The van der Waals surface area contributed by atoms with Crippen LogP contribution in [-0.4, -0.2) is 22.5 Å². The standard InChI is InChI=1S/C47H42N4S/c1-8-19-37-30(5)31(6)40(47(37)38-24-15-17-27-43(38)52-44-35(23-18-25-39(44)47)33-20-12-11-13-21-33)28-29(4)45-48-32(7)49-46(50-45)51-41(10-3)34(9-2)36-22-14-16-26-42(36)51/h8-28,32H,2-3H2,1,4-7H3,(H,48,49,50)/b19-8-,29-28+. The summed E-state index contributed by atoms with van der Waals surface area (Å²) in [5.41, 5.74) is 13.8. The van der Waals surface area contributed by atoms with Gasteiger partial charge in [0.05, 0.1) is 16.6 Å². The lowest BCUT2D eigenvalue weighted by Crippen LogP contribution is -2.41. The summed E-state index contributed by atoms with van der Waals surface area (Å²) in [5.74, 6) is 1.52. The highest BCUT2D eigenvalue weighted by Gasteiger charge is 2.50. The Labute approximate surface area is 311 Å². The molecule has 0 fully saturated rings. The maximum atomic E-state index is 5.07. The third-order valence-electron chi connectivity index (χ3n) is 10.7. The molecule has 0 bridgehead atoms. The zero-order valence-electron chi connectivity index (χ0n) is 30.4. The van der Waals surface area contributed by atoms with Crippen LogP contribution in [0.15, 0.2) is 176 Å². The van der Waals surface area contributed by atoms with Gasteiger partial charge in [0.25, 0.3) is 0 Å². The monoisotopic (exact) mass is 694 g/mol. The zero-order valence-corrected chi connectivity index (χ0v) is 31.2. The summed E-state index contributed by atoms with van der Waals surface area (Å²) in [6.45, 7) is 19.2. The summed E-state index contributed by atoms with van der Waals surface area (Å²) < 4.78 is 2.14. The fourth-order valence-corrected chi connectivity index (χ4v) is 9.65. The first-order valence-corrected chi connectivity index (χ1v) is 18.7. The van der Waals surface area contributed by atoms with E-state index in [4.69, 9.17) is 9.98 Å². The molecule has 256 valence electrons.